The van der Waals surface area contributed by atoms with Gasteiger partial charge in [-0.2, -0.15) is 0 Å². The molecule has 0 saturated carbocycles. The fourth-order valence-electron chi connectivity index (χ4n) is 1.67. The van der Waals surface area contributed by atoms with E-state index in [1.807, 2.05) is 0 Å². The van der Waals surface area contributed by atoms with Crippen molar-refractivity contribution in [2.75, 3.05) is 13.1 Å². The van der Waals surface area contributed by atoms with Gasteiger partial charge in [0.05, 0.1) is 9.82 Å². The second-order valence-electron chi connectivity index (χ2n) is 4.35. The molecule has 0 spiro atoms. The average Bonchev–Trinajstić information content (AvgIpc) is 2.40. The first-order valence-electron chi connectivity index (χ1n) is 6.05. The molecule has 10 heteroatoms. The van der Waals surface area contributed by atoms with Gasteiger partial charge in [-0.1, -0.05) is 5.11 Å². The van der Waals surface area contributed by atoms with Gasteiger partial charge in [-0.05, 0) is 36.9 Å². The van der Waals surface area contributed by atoms with Crippen LogP contribution in [0, 0.1) is 24.0 Å². The number of azide groups is 1. The summed E-state index contributed by atoms with van der Waals surface area (Å²) in [5.74, 6) is 0. The second kappa shape index (κ2) is 7.02. The monoisotopic (exact) mass is 313 g/mol. The van der Waals surface area contributed by atoms with Crippen LogP contribution in [0.25, 0.3) is 10.4 Å². The van der Waals surface area contributed by atoms with Crippen molar-refractivity contribution in [3.8, 4) is 0 Å². The lowest BCUT2D eigenvalue weighted by molar-refractivity contribution is -0.385. The Bertz CT molecular complexity index is 695. The Kier molecular flexibility index (Phi) is 5.65. The third-order valence-corrected chi connectivity index (χ3v) is 4.48. The number of benzene rings is 1. The molecule has 0 unspecified atom stereocenters. The van der Waals surface area contributed by atoms with Gasteiger partial charge < -0.3 is 0 Å². The third-order valence-electron chi connectivity index (χ3n) is 2.90. The van der Waals surface area contributed by atoms with Crippen LogP contribution in [0.4, 0.5) is 5.69 Å². The molecule has 0 aliphatic carbocycles. The van der Waals surface area contributed by atoms with E-state index in [2.05, 4.69) is 14.7 Å². The number of hydrogen-bond donors (Lipinski definition) is 1. The predicted octanol–water partition coefficient (Wildman–Crippen LogP) is 2.19. The number of non-ortho nitro benzene ring substituents is 1. The van der Waals surface area contributed by atoms with Crippen LogP contribution < -0.4 is 4.72 Å². The summed E-state index contributed by atoms with van der Waals surface area (Å²) in [4.78, 5) is 12.6. The number of nitro benzene ring substituents is 1. The van der Waals surface area contributed by atoms with Gasteiger partial charge in [-0.3, -0.25) is 10.1 Å². The van der Waals surface area contributed by atoms with Gasteiger partial charge in [0.1, 0.15) is 0 Å². The number of nitro groups is 1. The fraction of sp³-hybridized carbons (Fsp3) is 0.455. The molecule has 0 fully saturated rings. The highest BCUT2D eigenvalue weighted by atomic mass is 32.2. The zero-order valence-corrected chi connectivity index (χ0v) is 12.4. The highest BCUT2D eigenvalue weighted by Crippen LogP contribution is 2.25. The number of sulfonamides is 1. The van der Waals surface area contributed by atoms with Crippen LogP contribution >= 0.6 is 0 Å². The molecule has 0 aromatic heterocycles. The molecule has 1 N–H and O–H groups in total. The Morgan fingerprint density at radius 1 is 1.43 bits per heavy atom. The number of nitrogens with zero attached hydrogens (tertiary/aromatic N) is 4. The zero-order valence-electron chi connectivity index (χ0n) is 11.6. The summed E-state index contributed by atoms with van der Waals surface area (Å²) in [6.07, 6.45) is 0.343. The summed E-state index contributed by atoms with van der Waals surface area (Å²) < 4.78 is 26.7. The third kappa shape index (κ3) is 4.42. The van der Waals surface area contributed by atoms with Gasteiger partial charge in [-0.25, -0.2) is 13.1 Å². The average molecular weight is 313 g/mol. The Morgan fingerprint density at radius 3 is 2.67 bits per heavy atom. The molecule has 0 aliphatic heterocycles. The molecule has 9 nitrogen and oxygen atoms in total. The summed E-state index contributed by atoms with van der Waals surface area (Å²) in [7, 11) is -3.85. The van der Waals surface area contributed by atoms with Crippen molar-refractivity contribution >= 4 is 15.7 Å². The molecular formula is C11H15N5O4S. The first kappa shape index (κ1) is 16.9. The molecule has 21 heavy (non-hydrogen) atoms. The van der Waals surface area contributed by atoms with E-state index in [9.17, 15) is 18.5 Å². The van der Waals surface area contributed by atoms with Crippen LogP contribution in [0.15, 0.2) is 22.1 Å². The number of nitrogens with one attached hydrogen (secondary N) is 1. The molecule has 0 radical (unpaired) electrons. The molecule has 0 atom stereocenters. The number of rotatable bonds is 7. The molecule has 0 bridgehead atoms. The first-order valence-corrected chi connectivity index (χ1v) is 7.54. The van der Waals surface area contributed by atoms with Gasteiger partial charge in [-0.15, -0.1) is 0 Å². The maximum Gasteiger partial charge on any atom is 0.271 e. The molecular weight excluding hydrogens is 298 g/mol. The van der Waals surface area contributed by atoms with E-state index in [4.69, 9.17) is 5.53 Å². The van der Waals surface area contributed by atoms with Crippen LogP contribution in [0.1, 0.15) is 17.5 Å². The van der Waals surface area contributed by atoms with Crippen LogP contribution in [-0.2, 0) is 10.0 Å². The van der Waals surface area contributed by atoms with Gasteiger partial charge in [0.15, 0.2) is 0 Å². The highest BCUT2D eigenvalue weighted by molar-refractivity contribution is 7.89. The van der Waals surface area contributed by atoms with Crippen molar-refractivity contribution in [1.82, 2.24) is 4.72 Å². The zero-order chi connectivity index (χ0) is 16.0. The van der Waals surface area contributed by atoms with E-state index in [1.165, 1.54) is 6.07 Å². The lowest BCUT2D eigenvalue weighted by Gasteiger charge is -2.10. The van der Waals surface area contributed by atoms with Crippen LogP contribution in [0.5, 0.6) is 0 Å². The molecule has 0 amide bonds. The maximum atomic E-state index is 12.2. The minimum atomic E-state index is -3.85. The lowest BCUT2D eigenvalue weighted by atomic mass is 10.1. The SMILES string of the molecule is Cc1cc([N+](=O)[O-])cc(S(=O)(=O)NCCCN=[N+]=[N-])c1C. The van der Waals surface area contributed by atoms with Crippen molar-refractivity contribution < 1.29 is 13.3 Å². The largest absolute Gasteiger partial charge is 0.271 e. The van der Waals surface area contributed by atoms with Crippen molar-refractivity contribution in [2.45, 2.75) is 25.2 Å². The summed E-state index contributed by atoms with van der Waals surface area (Å²) in [5, 5.41) is 14.1. The van der Waals surface area contributed by atoms with E-state index in [0.29, 0.717) is 17.5 Å². The van der Waals surface area contributed by atoms with Crippen LogP contribution in [0.2, 0.25) is 0 Å². The first-order chi connectivity index (χ1) is 9.79. The second-order valence-corrected chi connectivity index (χ2v) is 6.08. The van der Waals surface area contributed by atoms with Crippen molar-refractivity contribution in [3.05, 3.63) is 43.8 Å². The quantitative estimate of drug-likeness (QED) is 0.206. The smallest absolute Gasteiger partial charge is 0.258 e. The molecule has 1 aromatic carbocycles. The minimum Gasteiger partial charge on any atom is -0.258 e. The van der Waals surface area contributed by atoms with E-state index < -0.39 is 14.9 Å². The summed E-state index contributed by atoms with van der Waals surface area (Å²) >= 11 is 0. The molecule has 0 aliphatic rings. The topological polar surface area (TPSA) is 138 Å². The molecule has 1 rings (SSSR count). The van der Waals surface area contributed by atoms with E-state index in [0.717, 1.165) is 6.07 Å². The highest BCUT2D eigenvalue weighted by Gasteiger charge is 2.21. The Hall–Kier alpha value is -2.16. The van der Waals surface area contributed by atoms with E-state index >= 15 is 0 Å². The Morgan fingerprint density at radius 2 is 2.10 bits per heavy atom. The van der Waals surface area contributed by atoms with E-state index in [1.54, 1.807) is 13.8 Å². The minimum absolute atomic E-state index is 0.0858. The summed E-state index contributed by atoms with van der Waals surface area (Å²) in [5.41, 5.74) is 8.83. The summed E-state index contributed by atoms with van der Waals surface area (Å²) in [6.45, 7) is 3.46. The van der Waals surface area contributed by atoms with Gasteiger partial charge in [0, 0.05) is 30.1 Å². The normalized spacial score (nSPS) is 11.0. The number of aryl methyl sites for hydroxylation is 1. The predicted molar refractivity (Wildman–Crippen MR) is 76.4 cm³/mol. The van der Waals surface area contributed by atoms with Gasteiger partial charge in [0.2, 0.25) is 10.0 Å². The molecule has 114 valence electrons. The molecule has 0 saturated heterocycles. The molecule has 1 aromatic rings. The fourth-order valence-corrected chi connectivity index (χ4v) is 3.08. The lowest BCUT2D eigenvalue weighted by Crippen LogP contribution is -2.26. The Balaban J connectivity index is 3.02. The standard InChI is InChI=1S/C11H15N5O4S/c1-8-6-10(16(17)18)7-11(9(8)2)21(19,20)14-5-3-4-13-15-12/h6-7,14H,3-5H2,1-2H3. The van der Waals surface area contributed by atoms with E-state index in [-0.39, 0.29) is 23.7 Å². The van der Waals surface area contributed by atoms with Crippen molar-refractivity contribution in [2.24, 2.45) is 5.11 Å². The molecule has 0 heterocycles. The van der Waals surface area contributed by atoms with Gasteiger partial charge >= 0.3 is 0 Å². The van der Waals surface area contributed by atoms with Gasteiger partial charge in [0.25, 0.3) is 5.69 Å². The maximum absolute atomic E-state index is 12.2. The van der Waals surface area contributed by atoms with Crippen molar-refractivity contribution in [3.63, 3.8) is 0 Å². The van der Waals surface area contributed by atoms with Crippen molar-refractivity contribution in [1.29, 1.82) is 0 Å². The Labute approximate surface area is 121 Å². The summed E-state index contributed by atoms with van der Waals surface area (Å²) in [6, 6.07) is 2.37. The van der Waals surface area contributed by atoms with Crippen LogP contribution in [0.3, 0.4) is 0 Å². The van der Waals surface area contributed by atoms with Crippen LogP contribution in [-0.4, -0.2) is 26.4 Å². The number of hydrogen-bond acceptors (Lipinski definition) is 5.